The molecule has 0 aliphatic heterocycles. The number of rotatable bonds is 3. The van der Waals surface area contributed by atoms with E-state index < -0.39 is 24.7 Å². The fourth-order valence-electron chi connectivity index (χ4n) is 1.14. The average molecular weight is 283 g/mol. The van der Waals surface area contributed by atoms with E-state index in [4.69, 9.17) is 22.4 Å². The van der Waals surface area contributed by atoms with Crippen molar-refractivity contribution in [2.45, 2.75) is 12.3 Å². The van der Waals surface area contributed by atoms with Crippen LogP contribution in [0.1, 0.15) is 10.4 Å². The van der Waals surface area contributed by atoms with Gasteiger partial charge >= 0.3 is 6.18 Å². The number of hydrogen-bond donors (Lipinski definition) is 3. The van der Waals surface area contributed by atoms with Gasteiger partial charge in [0.2, 0.25) is 0 Å². The first-order chi connectivity index (χ1) is 8.21. The minimum absolute atomic E-state index is 0.00576. The first-order valence-electron chi connectivity index (χ1n) is 4.80. The van der Waals surface area contributed by atoms with Crippen LogP contribution in [0.25, 0.3) is 0 Å². The van der Waals surface area contributed by atoms with Crippen LogP contribution in [0.5, 0.6) is 0 Å². The molecule has 100 valence electrons. The maximum atomic E-state index is 12.0. The molecule has 0 saturated heterocycles. The largest absolute Gasteiger partial charge is 0.416 e. The summed E-state index contributed by atoms with van der Waals surface area (Å²) >= 11 is 5.61. The molecule has 1 atom stereocenters. The molecule has 4 N–H and O–H groups in total. The van der Waals surface area contributed by atoms with Gasteiger partial charge < -0.3 is 16.2 Å². The average Bonchev–Trinajstić information content (AvgIpc) is 2.24. The van der Waals surface area contributed by atoms with Gasteiger partial charge in [-0.25, -0.2) is 0 Å². The molecule has 1 aromatic carbocycles. The summed E-state index contributed by atoms with van der Waals surface area (Å²) in [6.45, 7) is -0.940. The van der Waals surface area contributed by atoms with Crippen molar-refractivity contribution in [2.24, 2.45) is 0 Å². The van der Waals surface area contributed by atoms with Crippen LogP contribution in [0.3, 0.4) is 0 Å². The molecule has 1 aromatic rings. The second-order valence-electron chi connectivity index (χ2n) is 3.50. The van der Waals surface area contributed by atoms with Crippen LogP contribution < -0.4 is 11.1 Å². The Labute approximate surface area is 106 Å². The van der Waals surface area contributed by atoms with Gasteiger partial charge in [-0.2, -0.15) is 13.2 Å². The van der Waals surface area contributed by atoms with Crippen LogP contribution in [0.2, 0.25) is 5.02 Å². The van der Waals surface area contributed by atoms with Crippen molar-refractivity contribution in [2.75, 3.05) is 12.3 Å². The van der Waals surface area contributed by atoms with Gasteiger partial charge in [0.1, 0.15) is 0 Å². The standard InChI is InChI=1S/C10H10ClF3N2O2/c11-5-1-2-6(7(15)3-5)9(18)16-4-8(17)10(12,13)14/h1-3,8,17H,4,15H2,(H,16,18). The molecular formula is C10H10ClF3N2O2. The maximum Gasteiger partial charge on any atom is 0.416 e. The number of amides is 1. The highest BCUT2D eigenvalue weighted by Gasteiger charge is 2.38. The predicted molar refractivity (Wildman–Crippen MR) is 60.3 cm³/mol. The van der Waals surface area contributed by atoms with Crippen LogP contribution >= 0.6 is 11.6 Å². The fourth-order valence-corrected chi connectivity index (χ4v) is 1.32. The Morgan fingerprint density at radius 3 is 2.61 bits per heavy atom. The summed E-state index contributed by atoms with van der Waals surface area (Å²) in [5.41, 5.74) is 5.52. The van der Waals surface area contributed by atoms with Crippen molar-refractivity contribution in [3.05, 3.63) is 28.8 Å². The lowest BCUT2D eigenvalue weighted by Gasteiger charge is -2.15. The predicted octanol–water partition coefficient (Wildman–Crippen LogP) is 1.58. The van der Waals surface area contributed by atoms with Crippen molar-refractivity contribution in [3.63, 3.8) is 0 Å². The highest BCUT2D eigenvalue weighted by atomic mass is 35.5. The van der Waals surface area contributed by atoms with Crippen LogP contribution in [0.15, 0.2) is 18.2 Å². The van der Waals surface area contributed by atoms with E-state index in [0.29, 0.717) is 5.02 Å². The third-order valence-corrected chi connectivity index (χ3v) is 2.33. The second kappa shape index (κ2) is 5.45. The molecule has 4 nitrogen and oxygen atoms in total. The van der Waals surface area contributed by atoms with Gasteiger partial charge in [-0.05, 0) is 18.2 Å². The van der Waals surface area contributed by atoms with Gasteiger partial charge in [0.25, 0.3) is 5.91 Å². The number of nitrogens with two attached hydrogens (primary N) is 1. The first kappa shape index (κ1) is 14.6. The molecule has 1 rings (SSSR count). The molecule has 1 amide bonds. The van der Waals surface area contributed by atoms with Crippen molar-refractivity contribution in [1.29, 1.82) is 0 Å². The zero-order chi connectivity index (χ0) is 13.9. The molecule has 0 radical (unpaired) electrons. The molecule has 0 fully saturated rings. The number of alkyl halides is 3. The smallest absolute Gasteiger partial charge is 0.398 e. The topological polar surface area (TPSA) is 75.4 Å². The molecule has 1 unspecified atom stereocenters. The van der Waals surface area contributed by atoms with E-state index in [-0.39, 0.29) is 11.3 Å². The number of nitrogens with one attached hydrogen (secondary N) is 1. The van der Waals surface area contributed by atoms with Gasteiger partial charge in [0, 0.05) is 10.7 Å². The van der Waals surface area contributed by atoms with E-state index >= 15 is 0 Å². The third-order valence-electron chi connectivity index (χ3n) is 2.09. The van der Waals surface area contributed by atoms with Gasteiger partial charge in [0.05, 0.1) is 12.1 Å². The first-order valence-corrected chi connectivity index (χ1v) is 5.17. The lowest BCUT2D eigenvalue weighted by Crippen LogP contribution is -2.40. The van der Waals surface area contributed by atoms with Crippen molar-refractivity contribution < 1.29 is 23.1 Å². The van der Waals surface area contributed by atoms with E-state index in [1.165, 1.54) is 18.2 Å². The summed E-state index contributed by atoms with van der Waals surface area (Å²) in [6, 6.07) is 3.97. The minimum atomic E-state index is -4.78. The number of benzene rings is 1. The zero-order valence-corrected chi connectivity index (χ0v) is 9.72. The van der Waals surface area contributed by atoms with Crippen LogP contribution in [-0.4, -0.2) is 29.8 Å². The molecule has 18 heavy (non-hydrogen) atoms. The van der Waals surface area contributed by atoms with Crippen molar-refractivity contribution in [1.82, 2.24) is 5.32 Å². The van der Waals surface area contributed by atoms with Gasteiger partial charge in [-0.15, -0.1) is 0 Å². The number of nitrogen functional groups attached to an aromatic ring is 1. The fraction of sp³-hybridized carbons (Fsp3) is 0.300. The van der Waals surface area contributed by atoms with Crippen LogP contribution in [0.4, 0.5) is 18.9 Å². The molecule has 8 heteroatoms. The Kier molecular flexibility index (Phi) is 4.42. The van der Waals surface area contributed by atoms with Crippen LogP contribution in [-0.2, 0) is 0 Å². The summed E-state index contributed by atoms with van der Waals surface area (Å²) in [6.07, 6.45) is -7.39. The van der Waals surface area contributed by atoms with E-state index in [9.17, 15) is 18.0 Å². The van der Waals surface area contributed by atoms with E-state index in [0.717, 1.165) is 0 Å². The highest BCUT2D eigenvalue weighted by Crippen LogP contribution is 2.20. The summed E-state index contributed by atoms with van der Waals surface area (Å²) in [5, 5.41) is 10.9. The molecule has 0 heterocycles. The molecule has 0 saturated carbocycles. The number of carbonyl (C=O) groups excluding carboxylic acids is 1. The molecular weight excluding hydrogens is 273 g/mol. The van der Waals surface area contributed by atoms with Gasteiger partial charge in [0.15, 0.2) is 6.10 Å². The van der Waals surface area contributed by atoms with Gasteiger partial charge in [-0.1, -0.05) is 11.6 Å². The SMILES string of the molecule is Nc1cc(Cl)ccc1C(=O)NCC(O)C(F)(F)F. The van der Waals surface area contributed by atoms with E-state index in [1.54, 1.807) is 0 Å². The summed E-state index contributed by atoms with van der Waals surface area (Å²) in [7, 11) is 0. The Morgan fingerprint density at radius 1 is 1.50 bits per heavy atom. The highest BCUT2D eigenvalue weighted by molar-refractivity contribution is 6.31. The Balaban J connectivity index is 2.66. The normalized spacial score (nSPS) is 13.2. The number of halogens is 4. The maximum absolute atomic E-state index is 12.0. The lowest BCUT2D eigenvalue weighted by molar-refractivity contribution is -0.201. The molecule has 0 spiro atoms. The Bertz CT molecular complexity index is 451. The van der Waals surface area contributed by atoms with Crippen molar-refractivity contribution in [3.8, 4) is 0 Å². The van der Waals surface area contributed by atoms with Crippen LogP contribution in [0, 0.1) is 0 Å². The molecule has 0 bridgehead atoms. The van der Waals surface area contributed by atoms with E-state index in [1.807, 2.05) is 5.32 Å². The van der Waals surface area contributed by atoms with Crippen molar-refractivity contribution >= 4 is 23.2 Å². The summed E-state index contributed by atoms with van der Waals surface area (Å²) < 4.78 is 36.0. The number of hydrogen-bond acceptors (Lipinski definition) is 3. The summed E-state index contributed by atoms with van der Waals surface area (Å²) in [5.74, 6) is -0.813. The Morgan fingerprint density at radius 2 is 2.11 bits per heavy atom. The number of aliphatic hydroxyl groups is 1. The second-order valence-corrected chi connectivity index (χ2v) is 3.94. The monoisotopic (exact) mass is 282 g/mol. The van der Waals surface area contributed by atoms with Gasteiger partial charge in [-0.3, -0.25) is 4.79 Å². The lowest BCUT2D eigenvalue weighted by atomic mass is 10.1. The minimum Gasteiger partial charge on any atom is -0.398 e. The molecule has 0 aliphatic rings. The number of aliphatic hydroxyl groups excluding tert-OH is 1. The number of anilines is 1. The quantitative estimate of drug-likeness (QED) is 0.737. The molecule has 0 aliphatic carbocycles. The third kappa shape index (κ3) is 3.78. The van der Waals surface area contributed by atoms with E-state index in [2.05, 4.69) is 0 Å². The zero-order valence-electron chi connectivity index (χ0n) is 8.96. The number of carbonyl (C=O) groups is 1. The molecule has 0 aromatic heterocycles. The Hall–Kier alpha value is -1.47. The summed E-state index contributed by atoms with van der Waals surface area (Å²) in [4.78, 5) is 11.5.